The second-order valence-corrected chi connectivity index (χ2v) is 5.71. The molecule has 1 aliphatic heterocycles. The van der Waals surface area contributed by atoms with E-state index in [2.05, 4.69) is 26.1 Å². The van der Waals surface area contributed by atoms with Crippen molar-refractivity contribution in [2.45, 2.75) is 33.3 Å². The lowest BCUT2D eigenvalue weighted by Gasteiger charge is -2.29. The third kappa shape index (κ3) is 6.86. The Kier molecular flexibility index (Phi) is 7.05. The Labute approximate surface area is 110 Å². The Morgan fingerprint density at radius 1 is 1.47 bits per heavy atom. The summed E-state index contributed by atoms with van der Waals surface area (Å²) >= 11 is 0. The molecule has 4 nitrogen and oxygen atoms in total. The summed E-state index contributed by atoms with van der Waals surface area (Å²) in [5.74, 6) is 0.170. The highest BCUT2D eigenvalue weighted by Crippen LogP contribution is 2.15. The van der Waals surface area contributed by atoms with Gasteiger partial charge < -0.3 is 15.0 Å². The molecule has 1 heterocycles. The van der Waals surface area contributed by atoms with Crippen molar-refractivity contribution in [1.82, 2.24) is 10.2 Å². The minimum absolute atomic E-state index is 0. The maximum Gasteiger partial charge on any atom is 0.224 e. The molecule has 0 aromatic rings. The first-order valence-electron chi connectivity index (χ1n) is 5.95. The van der Waals surface area contributed by atoms with Crippen molar-refractivity contribution in [2.75, 3.05) is 33.3 Å². The number of rotatable bonds is 3. The Hall–Kier alpha value is -0.320. The van der Waals surface area contributed by atoms with Gasteiger partial charge in [0.05, 0.1) is 19.1 Å². The van der Waals surface area contributed by atoms with E-state index in [1.54, 1.807) is 4.90 Å². The number of carbonyl (C=O) groups excluding carboxylic acids is 1. The summed E-state index contributed by atoms with van der Waals surface area (Å²) in [5, 5.41) is 3.23. The number of ether oxygens (including phenoxy) is 1. The van der Waals surface area contributed by atoms with E-state index in [-0.39, 0.29) is 29.8 Å². The maximum atomic E-state index is 11.9. The largest absolute Gasteiger partial charge is 0.375 e. The van der Waals surface area contributed by atoms with Gasteiger partial charge in [0.1, 0.15) is 0 Å². The highest BCUT2D eigenvalue weighted by molar-refractivity contribution is 5.85. The van der Waals surface area contributed by atoms with E-state index in [1.165, 1.54) is 0 Å². The van der Waals surface area contributed by atoms with E-state index in [4.69, 9.17) is 4.74 Å². The fourth-order valence-electron chi connectivity index (χ4n) is 1.90. The Morgan fingerprint density at radius 2 is 2.12 bits per heavy atom. The van der Waals surface area contributed by atoms with Crippen LogP contribution in [-0.2, 0) is 9.53 Å². The SMILES string of the molecule is CN(CC(C)(C)C)C(=O)CC1CNCCO1.Cl. The number of halogens is 1. The molecule has 1 fully saturated rings. The molecule has 5 heteroatoms. The van der Waals surface area contributed by atoms with E-state index in [9.17, 15) is 4.79 Å². The van der Waals surface area contributed by atoms with Crippen molar-refractivity contribution < 1.29 is 9.53 Å². The van der Waals surface area contributed by atoms with Crippen molar-refractivity contribution in [3.05, 3.63) is 0 Å². The van der Waals surface area contributed by atoms with Gasteiger partial charge in [0.25, 0.3) is 0 Å². The molecule has 1 saturated heterocycles. The quantitative estimate of drug-likeness (QED) is 0.835. The number of hydrogen-bond donors (Lipinski definition) is 1. The third-order valence-corrected chi connectivity index (χ3v) is 2.54. The Bertz CT molecular complexity index is 235. The van der Waals surface area contributed by atoms with Crippen LogP contribution < -0.4 is 5.32 Å². The Balaban J connectivity index is 0.00000256. The van der Waals surface area contributed by atoms with E-state index in [0.29, 0.717) is 13.0 Å². The monoisotopic (exact) mass is 264 g/mol. The number of hydrogen-bond acceptors (Lipinski definition) is 3. The van der Waals surface area contributed by atoms with E-state index >= 15 is 0 Å². The first-order valence-corrected chi connectivity index (χ1v) is 5.95. The van der Waals surface area contributed by atoms with Crippen molar-refractivity contribution in [3.8, 4) is 0 Å². The van der Waals surface area contributed by atoms with Crippen LogP contribution in [0.4, 0.5) is 0 Å². The summed E-state index contributed by atoms with van der Waals surface area (Å²) in [4.78, 5) is 13.7. The molecule has 1 rings (SSSR count). The van der Waals surface area contributed by atoms with Crippen molar-refractivity contribution in [2.24, 2.45) is 5.41 Å². The molecule has 0 saturated carbocycles. The smallest absolute Gasteiger partial charge is 0.224 e. The molecule has 17 heavy (non-hydrogen) atoms. The molecule has 0 radical (unpaired) electrons. The molecule has 1 amide bonds. The lowest BCUT2D eigenvalue weighted by Crippen LogP contribution is -2.43. The highest BCUT2D eigenvalue weighted by atomic mass is 35.5. The van der Waals surface area contributed by atoms with Crippen LogP contribution in [0.25, 0.3) is 0 Å². The first kappa shape index (κ1) is 16.7. The van der Waals surface area contributed by atoms with Gasteiger partial charge in [0.2, 0.25) is 5.91 Å². The van der Waals surface area contributed by atoms with E-state index in [1.807, 2.05) is 7.05 Å². The summed E-state index contributed by atoms with van der Waals surface area (Å²) in [6.07, 6.45) is 0.531. The van der Waals surface area contributed by atoms with Gasteiger partial charge >= 0.3 is 0 Å². The van der Waals surface area contributed by atoms with E-state index < -0.39 is 0 Å². The fraction of sp³-hybridized carbons (Fsp3) is 0.917. The van der Waals surface area contributed by atoms with Crippen molar-refractivity contribution in [1.29, 1.82) is 0 Å². The average Bonchev–Trinajstić information content (AvgIpc) is 2.16. The van der Waals surface area contributed by atoms with Crippen LogP contribution in [0.3, 0.4) is 0 Å². The summed E-state index contributed by atoms with van der Waals surface area (Å²) < 4.78 is 5.52. The minimum Gasteiger partial charge on any atom is -0.375 e. The number of nitrogens with zero attached hydrogens (tertiary/aromatic N) is 1. The van der Waals surface area contributed by atoms with Gasteiger partial charge in [-0.15, -0.1) is 12.4 Å². The van der Waals surface area contributed by atoms with Gasteiger partial charge in [0, 0.05) is 26.7 Å². The Morgan fingerprint density at radius 3 is 2.59 bits per heavy atom. The molecule has 102 valence electrons. The van der Waals surface area contributed by atoms with E-state index in [0.717, 1.165) is 19.6 Å². The molecule has 0 spiro atoms. The van der Waals surface area contributed by atoms with Gasteiger partial charge in [-0.3, -0.25) is 4.79 Å². The standard InChI is InChI=1S/C12H24N2O2.ClH/c1-12(2,3)9-14(4)11(15)7-10-8-13-5-6-16-10;/h10,13H,5-9H2,1-4H3;1H. The molecule has 1 aliphatic rings. The van der Waals surface area contributed by atoms with Crippen LogP contribution in [0, 0.1) is 5.41 Å². The summed E-state index contributed by atoms with van der Waals surface area (Å²) in [7, 11) is 1.86. The zero-order valence-corrected chi connectivity index (χ0v) is 12.1. The molecular formula is C12H25ClN2O2. The lowest BCUT2D eigenvalue weighted by molar-refractivity contribution is -0.134. The minimum atomic E-state index is 0. The number of morpholine rings is 1. The summed E-state index contributed by atoms with van der Waals surface area (Å²) in [5.41, 5.74) is 0.149. The highest BCUT2D eigenvalue weighted by Gasteiger charge is 2.22. The number of carbonyl (C=O) groups is 1. The van der Waals surface area contributed by atoms with Crippen molar-refractivity contribution in [3.63, 3.8) is 0 Å². The van der Waals surface area contributed by atoms with Crippen LogP contribution in [0.1, 0.15) is 27.2 Å². The first-order chi connectivity index (χ1) is 7.38. The van der Waals surface area contributed by atoms with Crippen LogP contribution in [-0.4, -0.2) is 50.2 Å². The second-order valence-electron chi connectivity index (χ2n) is 5.71. The third-order valence-electron chi connectivity index (χ3n) is 2.54. The summed E-state index contributed by atoms with van der Waals surface area (Å²) in [6.45, 7) is 9.57. The average molecular weight is 265 g/mol. The summed E-state index contributed by atoms with van der Waals surface area (Å²) in [6, 6.07) is 0. The molecule has 0 bridgehead atoms. The molecule has 0 aliphatic carbocycles. The maximum absolute atomic E-state index is 11.9. The van der Waals surface area contributed by atoms with Crippen LogP contribution in [0.2, 0.25) is 0 Å². The molecule has 1 N–H and O–H groups in total. The van der Waals surface area contributed by atoms with Gasteiger partial charge in [-0.1, -0.05) is 20.8 Å². The topological polar surface area (TPSA) is 41.6 Å². The zero-order chi connectivity index (χ0) is 12.2. The lowest BCUT2D eigenvalue weighted by atomic mass is 9.96. The van der Waals surface area contributed by atoms with Crippen LogP contribution in [0.15, 0.2) is 0 Å². The molecule has 0 aromatic carbocycles. The number of amides is 1. The van der Waals surface area contributed by atoms with Gasteiger partial charge in [-0.2, -0.15) is 0 Å². The number of nitrogens with one attached hydrogen (secondary N) is 1. The molecular weight excluding hydrogens is 240 g/mol. The normalized spacial score (nSPS) is 20.6. The molecule has 1 atom stereocenters. The predicted octanol–water partition coefficient (Wildman–Crippen LogP) is 1.29. The van der Waals surface area contributed by atoms with Crippen molar-refractivity contribution >= 4 is 18.3 Å². The predicted molar refractivity (Wildman–Crippen MR) is 71.6 cm³/mol. The molecule has 1 unspecified atom stereocenters. The fourth-order valence-corrected chi connectivity index (χ4v) is 1.90. The van der Waals surface area contributed by atoms with Crippen LogP contribution in [0.5, 0.6) is 0 Å². The van der Waals surface area contributed by atoms with Gasteiger partial charge in [0.15, 0.2) is 0 Å². The second kappa shape index (κ2) is 7.19. The van der Waals surface area contributed by atoms with Gasteiger partial charge in [-0.25, -0.2) is 0 Å². The van der Waals surface area contributed by atoms with Crippen LogP contribution >= 0.6 is 12.4 Å². The molecule has 0 aromatic heterocycles. The van der Waals surface area contributed by atoms with Gasteiger partial charge in [-0.05, 0) is 5.41 Å². The zero-order valence-electron chi connectivity index (χ0n) is 11.3.